The maximum Gasteiger partial charge on any atom is 0.245 e. The van der Waals surface area contributed by atoms with E-state index in [1.807, 2.05) is 18.2 Å². The zero-order valence-electron chi connectivity index (χ0n) is 20.0. The first-order chi connectivity index (χ1) is 16.2. The van der Waals surface area contributed by atoms with Gasteiger partial charge in [-0.15, -0.1) is 0 Å². The number of likely N-dealkylation sites (N-methyl/N-ethyl adjacent to an activating group) is 1. The average molecular weight is 468 g/mol. The van der Waals surface area contributed by atoms with Gasteiger partial charge in [-0.2, -0.15) is 5.26 Å². The van der Waals surface area contributed by atoms with Gasteiger partial charge in [0.1, 0.15) is 12.1 Å². The molecule has 34 heavy (non-hydrogen) atoms. The largest absolute Gasteiger partial charge is 0.344 e. The molecule has 0 bridgehead atoms. The molecule has 1 saturated heterocycles. The highest BCUT2D eigenvalue weighted by Crippen LogP contribution is 2.34. The lowest BCUT2D eigenvalue weighted by Crippen LogP contribution is -2.51. The van der Waals surface area contributed by atoms with Crippen molar-refractivity contribution in [1.29, 1.82) is 5.26 Å². The van der Waals surface area contributed by atoms with Crippen molar-refractivity contribution < 1.29 is 19.2 Å². The Kier molecular flexibility index (Phi) is 8.26. The molecule has 2 aliphatic rings. The lowest BCUT2D eigenvalue weighted by Gasteiger charge is -2.27. The van der Waals surface area contributed by atoms with E-state index in [2.05, 4.69) is 16.7 Å². The fourth-order valence-corrected chi connectivity index (χ4v) is 4.07. The molecule has 1 aromatic carbocycles. The summed E-state index contributed by atoms with van der Waals surface area (Å²) in [4.78, 5) is 53.6. The Hall–Kier alpha value is -3.41. The normalized spacial score (nSPS) is 20.4. The first kappa shape index (κ1) is 25.2. The van der Waals surface area contributed by atoms with Gasteiger partial charge in [-0.25, -0.2) is 0 Å². The molecular formula is C25H33N5O4. The summed E-state index contributed by atoms with van der Waals surface area (Å²) in [5.74, 6) is -1.50. The summed E-state index contributed by atoms with van der Waals surface area (Å²) in [5.41, 5.74) is 0.654. The highest BCUT2D eigenvalue weighted by molar-refractivity contribution is 5.94. The molecule has 1 saturated carbocycles. The number of amides is 4. The van der Waals surface area contributed by atoms with Crippen LogP contribution >= 0.6 is 0 Å². The molecule has 3 unspecified atom stereocenters. The Morgan fingerprint density at radius 2 is 1.85 bits per heavy atom. The number of likely N-dealkylation sites (tertiary alicyclic amines) is 1. The summed E-state index contributed by atoms with van der Waals surface area (Å²) >= 11 is 0. The van der Waals surface area contributed by atoms with Crippen LogP contribution in [0, 0.1) is 29.1 Å². The average Bonchev–Trinajstić information content (AvgIpc) is 3.52. The lowest BCUT2D eigenvalue weighted by atomic mass is 10.1. The molecule has 1 aliphatic carbocycles. The third-order valence-electron chi connectivity index (χ3n) is 6.34. The first-order valence-corrected chi connectivity index (χ1v) is 11.8. The van der Waals surface area contributed by atoms with E-state index in [0.29, 0.717) is 18.0 Å². The molecule has 1 aliphatic heterocycles. The number of carbonyl (C=O) groups is 4. The number of hydrogen-bond acceptors (Lipinski definition) is 5. The van der Waals surface area contributed by atoms with E-state index < -0.39 is 23.9 Å². The summed E-state index contributed by atoms with van der Waals surface area (Å²) in [6, 6.07) is 9.72. The zero-order valence-corrected chi connectivity index (χ0v) is 20.0. The van der Waals surface area contributed by atoms with Crippen LogP contribution in [0.4, 0.5) is 5.69 Å². The second-order valence-corrected chi connectivity index (χ2v) is 9.57. The Morgan fingerprint density at radius 3 is 2.44 bits per heavy atom. The van der Waals surface area contributed by atoms with Crippen LogP contribution in [0.1, 0.15) is 39.5 Å². The summed E-state index contributed by atoms with van der Waals surface area (Å²) in [5, 5.41) is 15.2. The molecule has 1 aromatic rings. The molecule has 182 valence electrons. The van der Waals surface area contributed by atoms with Gasteiger partial charge in [0.2, 0.25) is 23.6 Å². The number of para-hydroxylation sites is 1. The smallest absolute Gasteiger partial charge is 0.245 e. The fourth-order valence-electron chi connectivity index (χ4n) is 4.07. The lowest BCUT2D eigenvalue weighted by molar-refractivity contribution is -0.142. The minimum Gasteiger partial charge on any atom is -0.344 e. The standard InChI is InChI=1S/C25H33N5O4/c1-16(2)23(32)28-21(11-17-9-10-17)25(34)29(3)15-22(31)30-14-18(12-20(30)13-26)24(33)27-19-7-5-4-6-8-19/h4-8,16-18,20-21H,9-12,14-15H2,1-3H3,(H,27,33)(H,28,32). The van der Waals surface area contributed by atoms with Crippen LogP contribution in [-0.4, -0.2) is 65.6 Å². The predicted octanol–water partition coefficient (Wildman–Crippen LogP) is 1.77. The third-order valence-corrected chi connectivity index (χ3v) is 6.34. The van der Waals surface area contributed by atoms with Crippen molar-refractivity contribution in [3.63, 3.8) is 0 Å². The monoisotopic (exact) mass is 467 g/mol. The zero-order chi connectivity index (χ0) is 24.8. The van der Waals surface area contributed by atoms with Crippen molar-refractivity contribution in [2.24, 2.45) is 17.8 Å². The van der Waals surface area contributed by atoms with Crippen LogP contribution in [0.15, 0.2) is 30.3 Å². The topological polar surface area (TPSA) is 123 Å². The second-order valence-electron chi connectivity index (χ2n) is 9.57. The molecule has 9 heteroatoms. The quantitative estimate of drug-likeness (QED) is 0.573. The van der Waals surface area contributed by atoms with Crippen LogP contribution in [0.2, 0.25) is 0 Å². The number of hydrogen-bond donors (Lipinski definition) is 2. The number of nitrogens with one attached hydrogen (secondary N) is 2. The summed E-state index contributed by atoms with van der Waals surface area (Å²) in [6.07, 6.45) is 2.87. The Morgan fingerprint density at radius 1 is 1.18 bits per heavy atom. The number of nitriles is 1. The van der Waals surface area contributed by atoms with E-state index in [1.54, 1.807) is 26.0 Å². The first-order valence-electron chi connectivity index (χ1n) is 11.8. The van der Waals surface area contributed by atoms with Crippen LogP contribution < -0.4 is 10.6 Å². The van der Waals surface area contributed by atoms with Crippen molar-refractivity contribution in [1.82, 2.24) is 15.1 Å². The van der Waals surface area contributed by atoms with Crippen molar-refractivity contribution >= 4 is 29.3 Å². The van der Waals surface area contributed by atoms with Crippen molar-refractivity contribution in [2.45, 2.75) is 51.6 Å². The molecule has 3 atom stereocenters. The molecule has 1 heterocycles. The van der Waals surface area contributed by atoms with Gasteiger partial charge in [-0.3, -0.25) is 19.2 Å². The minimum absolute atomic E-state index is 0.118. The molecule has 4 amide bonds. The molecular weight excluding hydrogens is 434 g/mol. The van der Waals surface area contributed by atoms with Crippen LogP contribution in [-0.2, 0) is 19.2 Å². The fraction of sp³-hybridized carbons (Fsp3) is 0.560. The Balaban J connectivity index is 1.59. The van der Waals surface area contributed by atoms with E-state index in [-0.39, 0.29) is 43.1 Å². The van der Waals surface area contributed by atoms with Gasteiger partial charge in [-0.1, -0.05) is 44.9 Å². The van der Waals surface area contributed by atoms with Crippen LogP contribution in [0.25, 0.3) is 0 Å². The van der Waals surface area contributed by atoms with Crippen molar-refractivity contribution in [2.75, 3.05) is 25.5 Å². The van der Waals surface area contributed by atoms with Crippen molar-refractivity contribution in [3.05, 3.63) is 30.3 Å². The van der Waals surface area contributed by atoms with Crippen LogP contribution in [0.3, 0.4) is 0 Å². The molecule has 0 spiro atoms. The van der Waals surface area contributed by atoms with Gasteiger partial charge in [-0.05, 0) is 30.9 Å². The van der Waals surface area contributed by atoms with Gasteiger partial charge >= 0.3 is 0 Å². The van der Waals surface area contributed by atoms with E-state index in [0.717, 1.165) is 12.8 Å². The molecule has 0 aromatic heterocycles. The number of nitrogens with zero attached hydrogens (tertiary/aromatic N) is 3. The molecule has 2 fully saturated rings. The molecule has 2 N–H and O–H groups in total. The Labute approximate surface area is 200 Å². The van der Waals surface area contributed by atoms with Gasteiger partial charge in [0.05, 0.1) is 18.5 Å². The van der Waals surface area contributed by atoms with E-state index in [1.165, 1.54) is 16.8 Å². The number of benzene rings is 1. The second kappa shape index (κ2) is 11.1. The Bertz CT molecular complexity index is 954. The van der Waals surface area contributed by atoms with Gasteiger partial charge in [0.25, 0.3) is 0 Å². The summed E-state index contributed by atoms with van der Waals surface area (Å²) in [6.45, 7) is 3.43. The summed E-state index contributed by atoms with van der Waals surface area (Å²) in [7, 11) is 1.53. The molecule has 0 radical (unpaired) electrons. The van der Waals surface area contributed by atoms with Crippen LogP contribution in [0.5, 0.6) is 0 Å². The van der Waals surface area contributed by atoms with Gasteiger partial charge < -0.3 is 20.4 Å². The molecule has 9 nitrogen and oxygen atoms in total. The highest BCUT2D eigenvalue weighted by Gasteiger charge is 2.40. The van der Waals surface area contributed by atoms with E-state index in [9.17, 15) is 24.4 Å². The molecule has 3 rings (SSSR count). The SMILES string of the molecule is CC(C)C(=O)NC(CC1CC1)C(=O)N(C)CC(=O)N1CC(C(=O)Nc2ccccc2)CC1C#N. The minimum atomic E-state index is -0.731. The number of anilines is 1. The number of carbonyl (C=O) groups excluding carboxylic acids is 4. The van der Waals surface area contributed by atoms with E-state index >= 15 is 0 Å². The van der Waals surface area contributed by atoms with E-state index in [4.69, 9.17) is 0 Å². The number of rotatable bonds is 9. The van der Waals surface area contributed by atoms with Crippen molar-refractivity contribution in [3.8, 4) is 6.07 Å². The maximum atomic E-state index is 13.1. The summed E-state index contributed by atoms with van der Waals surface area (Å²) < 4.78 is 0. The highest BCUT2D eigenvalue weighted by atomic mass is 16.2. The predicted molar refractivity (Wildman–Crippen MR) is 126 cm³/mol. The van der Waals surface area contributed by atoms with Gasteiger partial charge in [0.15, 0.2) is 0 Å². The third kappa shape index (κ3) is 6.56. The van der Waals surface area contributed by atoms with Gasteiger partial charge in [0, 0.05) is 25.2 Å². The maximum absolute atomic E-state index is 13.1.